The fraction of sp³-hybridized carbons (Fsp3) is 0.875. The van der Waals surface area contributed by atoms with E-state index < -0.39 is 0 Å². The SMILES string of the molecule is C[C@H]1S[C@H](C(=O)N(C)C)C[C@@H]1O. The Balaban J connectivity index is 2.52. The molecule has 70 valence electrons. The van der Waals surface area contributed by atoms with Crippen LogP contribution in [-0.4, -0.2) is 46.6 Å². The molecule has 12 heavy (non-hydrogen) atoms. The number of nitrogens with zero attached hydrogens (tertiary/aromatic N) is 1. The van der Waals surface area contributed by atoms with Crippen LogP contribution >= 0.6 is 11.8 Å². The highest BCUT2D eigenvalue weighted by atomic mass is 32.2. The summed E-state index contributed by atoms with van der Waals surface area (Å²) in [5.74, 6) is 0.114. The van der Waals surface area contributed by atoms with Gasteiger partial charge in [0.15, 0.2) is 0 Å². The maximum Gasteiger partial charge on any atom is 0.235 e. The van der Waals surface area contributed by atoms with Crippen molar-refractivity contribution in [3.05, 3.63) is 0 Å². The average Bonchev–Trinajstić information content (AvgIpc) is 2.30. The Bertz CT molecular complexity index is 174. The summed E-state index contributed by atoms with van der Waals surface area (Å²) >= 11 is 1.57. The lowest BCUT2D eigenvalue weighted by molar-refractivity contribution is -0.128. The van der Waals surface area contributed by atoms with Crippen LogP contribution in [0.1, 0.15) is 13.3 Å². The van der Waals surface area contributed by atoms with E-state index in [4.69, 9.17) is 0 Å². The van der Waals surface area contributed by atoms with E-state index in [1.807, 2.05) is 6.92 Å². The van der Waals surface area contributed by atoms with E-state index in [1.54, 1.807) is 30.8 Å². The zero-order valence-corrected chi connectivity index (χ0v) is 8.47. The number of carbonyl (C=O) groups excluding carboxylic acids is 1. The summed E-state index contributed by atoms with van der Waals surface area (Å²) in [4.78, 5) is 13.0. The summed E-state index contributed by atoms with van der Waals surface area (Å²) in [6.45, 7) is 1.96. The monoisotopic (exact) mass is 189 g/mol. The van der Waals surface area contributed by atoms with Crippen molar-refractivity contribution in [2.45, 2.75) is 29.9 Å². The van der Waals surface area contributed by atoms with Gasteiger partial charge in [-0.2, -0.15) is 0 Å². The molecule has 0 unspecified atom stereocenters. The Labute approximate surface area is 77.1 Å². The van der Waals surface area contributed by atoms with Crippen LogP contribution in [-0.2, 0) is 4.79 Å². The predicted octanol–water partition coefficient (Wildman–Crippen LogP) is 0.329. The third kappa shape index (κ3) is 1.93. The molecular formula is C8H15NO2S. The van der Waals surface area contributed by atoms with Crippen LogP contribution in [0.3, 0.4) is 0 Å². The third-order valence-corrected chi connectivity index (χ3v) is 3.56. The molecule has 1 aliphatic rings. The van der Waals surface area contributed by atoms with E-state index in [0.29, 0.717) is 6.42 Å². The van der Waals surface area contributed by atoms with Gasteiger partial charge in [-0.15, -0.1) is 11.8 Å². The second-order valence-corrected chi connectivity index (χ2v) is 4.95. The van der Waals surface area contributed by atoms with Crippen LogP contribution in [0.15, 0.2) is 0 Å². The average molecular weight is 189 g/mol. The fourth-order valence-corrected chi connectivity index (χ4v) is 2.71. The quantitative estimate of drug-likeness (QED) is 0.646. The van der Waals surface area contributed by atoms with Gasteiger partial charge in [0, 0.05) is 19.3 Å². The molecule has 1 heterocycles. The molecule has 1 saturated heterocycles. The van der Waals surface area contributed by atoms with Crippen molar-refractivity contribution in [2.24, 2.45) is 0 Å². The molecule has 0 bridgehead atoms. The van der Waals surface area contributed by atoms with Crippen LogP contribution in [0.4, 0.5) is 0 Å². The van der Waals surface area contributed by atoms with Crippen molar-refractivity contribution in [1.29, 1.82) is 0 Å². The van der Waals surface area contributed by atoms with E-state index in [1.165, 1.54) is 0 Å². The van der Waals surface area contributed by atoms with E-state index in [9.17, 15) is 9.90 Å². The first-order chi connectivity index (χ1) is 5.52. The number of carbonyl (C=O) groups is 1. The number of hydrogen-bond donors (Lipinski definition) is 1. The van der Waals surface area contributed by atoms with E-state index in [-0.39, 0.29) is 22.5 Å². The Morgan fingerprint density at radius 3 is 2.50 bits per heavy atom. The van der Waals surface area contributed by atoms with Crippen molar-refractivity contribution in [3.63, 3.8) is 0 Å². The lowest BCUT2D eigenvalue weighted by atomic mass is 10.1. The van der Waals surface area contributed by atoms with Crippen LogP contribution in [0.5, 0.6) is 0 Å². The maximum absolute atomic E-state index is 11.4. The molecule has 0 aromatic rings. The minimum absolute atomic E-state index is 0.0370. The first kappa shape index (κ1) is 9.86. The molecule has 1 aliphatic heterocycles. The Kier molecular flexibility index (Phi) is 3.01. The zero-order valence-electron chi connectivity index (χ0n) is 7.65. The standard InChI is InChI=1S/C8H15NO2S/c1-5-6(10)4-7(12-5)8(11)9(2)3/h5-7,10H,4H2,1-3H3/t5-,6+,7+/m1/s1. The van der Waals surface area contributed by atoms with Crippen molar-refractivity contribution in [1.82, 2.24) is 4.90 Å². The van der Waals surface area contributed by atoms with Crippen LogP contribution < -0.4 is 0 Å². The lowest BCUT2D eigenvalue weighted by Crippen LogP contribution is -2.30. The largest absolute Gasteiger partial charge is 0.392 e. The molecule has 1 N–H and O–H groups in total. The second kappa shape index (κ2) is 3.66. The summed E-state index contributed by atoms with van der Waals surface area (Å²) in [5, 5.41) is 9.56. The molecule has 0 aromatic heterocycles. The Morgan fingerprint density at radius 1 is 1.58 bits per heavy atom. The lowest BCUT2D eigenvalue weighted by Gasteiger charge is -2.14. The van der Waals surface area contributed by atoms with Crippen molar-refractivity contribution < 1.29 is 9.90 Å². The van der Waals surface area contributed by atoms with Gasteiger partial charge in [-0.05, 0) is 6.42 Å². The topological polar surface area (TPSA) is 40.5 Å². The van der Waals surface area contributed by atoms with Crippen LogP contribution in [0.2, 0.25) is 0 Å². The minimum atomic E-state index is -0.316. The molecule has 0 aliphatic carbocycles. The molecule has 0 radical (unpaired) electrons. The highest BCUT2D eigenvalue weighted by molar-refractivity contribution is 8.01. The van der Waals surface area contributed by atoms with Gasteiger partial charge >= 0.3 is 0 Å². The number of hydrogen-bond acceptors (Lipinski definition) is 3. The summed E-state index contributed by atoms with van der Waals surface area (Å²) in [5.41, 5.74) is 0. The molecule has 1 amide bonds. The molecule has 3 atom stereocenters. The van der Waals surface area contributed by atoms with Crippen molar-refractivity contribution in [3.8, 4) is 0 Å². The molecular weight excluding hydrogens is 174 g/mol. The molecule has 3 nitrogen and oxygen atoms in total. The predicted molar refractivity (Wildman–Crippen MR) is 50.2 cm³/mol. The third-order valence-electron chi connectivity index (χ3n) is 2.09. The smallest absolute Gasteiger partial charge is 0.235 e. The van der Waals surface area contributed by atoms with E-state index in [0.717, 1.165) is 0 Å². The van der Waals surface area contributed by atoms with Gasteiger partial charge in [-0.3, -0.25) is 4.79 Å². The van der Waals surface area contributed by atoms with E-state index in [2.05, 4.69) is 0 Å². The zero-order chi connectivity index (χ0) is 9.30. The van der Waals surface area contributed by atoms with Gasteiger partial charge in [-0.25, -0.2) is 0 Å². The maximum atomic E-state index is 11.4. The molecule has 0 saturated carbocycles. The number of rotatable bonds is 1. The second-order valence-electron chi connectivity index (χ2n) is 3.37. The van der Waals surface area contributed by atoms with Gasteiger partial charge in [0.05, 0.1) is 11.4 Å². The first-order valence-corrected chi connectivity index (χ1v) is 5.01. The molecule has 1 fully saturated rings. The molecule has 0 aromatic carbocycles. The highest BCUT2D eigenvalue weighted by Gasteiger charge is 2.35. The number of thioether (sulfide) groups is 1. The van der Waals surface area contributed by atoms with Crippen LogP contribution in [0.25, 0.3) is 0 Å². The molecule has 1 rings (SSSR count). The van der Waals surface area contributed by atoms with Gasteiger partial charge in [0.1, 0.15) is 0 Å². The number of amides is 1. The summed E-state index contributed by atoms with van der Waals surface area (Å²) < 4.78 is 0. The molecule has 0 spiro atoms. The number of aliphatic hydroxyl groups excluding tert-OH is 1. The first-order valence-electron chi connectivity index (χ1n) is 4.07. The van der Waals surface area contributed by atoms with Gasteiger partial charge in [-0.1, -0.05) is 6.92 Å². The minimum Gasteiger partial charge on any atom is -0.392 e. The molecule has 4 heteroatoms. The van der Waals surface area contributed by atoms with Gasteiger partial charge < -0.3 is 10.0 Å². The summed E-state index contributed by atoms with van der Waals surface area (Å²) in [7, 11) is 3.50. The van der Waals surface area contributed by atoms with E-state index >= 15 is 0 Å². The Hall–Kier alpha value is -0.220. The van der Waals surface area contributed by atoms with Gasteiger partial charge in [0.25, 0.3) is 0 Å². The Morgan fingerprint density at radius 2 is 2.17 bits per heavy atom. The number of aliphatic hydroxyl groups is 1. The normalized spacial score (nSPS) is 35.2. The van der Waals surface area contributed by atoms with Gasteiger partial charge in [0.2, 0.25) is 5.91 Å². The van der Waals surface area contributed by atoms with Crippen LogP contribution in [0, 0.1) is 0 Å². The summed E-state index contributed by atoms with van der Waals surface area (Å²) in [6, 6.07) is 0. The van der Waals surface area contributed by atoms with Crippen molar-refractivity contribution in [2.75, 3.05) is 14.1 Å². The summed E-state index contributed by atoms with van der Waals surface area (Å²) in [6.07, 6.45) is 0.284. The van der Waals surface area contributed by atoms with Crippen molar-refractivity contribution >= 4 is 17.7 Å². The highest BCUT2D eigenvalue weighted by Crippen LogP contribution is 2.34. The fourth-order valence-electron chi connectivity index (χ4n) is 1.26.